The SMILES string of the molecule is CCc1cccc(CC)c1NC(=O)C1=C(C)NC(C)=C(C#N)C1. The van der Waals surface area contributed by atoms with Gasteiger partial charge < -0.3 is 10.6 Å². The fraction of sp³-hybridized carbons (Fsp3) is 0.368. The highest BCUT2D eigenvalue weighted by Crippen LogP contribution is 2.27. The van der Waals surface area contributed by atoms with Crippen molar-refractivity contribution in [3.8, 4) is 6.07 Å². The summed E-state index contributed by atoms with van der Waals surface area (Å²) in [6.45, 7) is 7.89. The third-order valence-corrected chi connectivity index (χ3v) is 4.28. The first-order valence-corrected chi connectivity index (χ1v) is 8.00. The number of anilines is 1. The van der Waals surface area contributed by atoms with Crippen LogP contribution in [0.25, 0.3) is 0 Å². The van der Waals surface area contributed by atoms with Crippen molar-refractivity contribution >= 4 is 11.6 Å². The predicted octanol–water partition coefficient (Wildman–Crippen LogP) is 3.81. The summed E-state index contributed by atoms with van der Waals surface area (Å²) in [7, 11) is 0. The lowest BCUT2D eigenvalue weighted by Gasteiger charge is -2.22. The number of carbonyl (C=O) groups is 1. The third kappa shape index (κ3) is 3.45. The number of rotatable bonds is 4. The molecule has 0 aliphatic carbocycles. The van der Waals surface area contributed by atoms with Crippen molar-refractivity contribution in [2.75, 3.05) is 5.32 Å². The van der Waals surface area contributed by atoms with E-state index in [0.717, 1.165) is 41.1 Å². The second kappa shape index (κ2) is 7.15. The van der Waals surface area contributed by atoms with E-state index in [0.29, 0.717) is 17.6 Å². The molecule has 0 atom stereocenters. The Kier molecular flexibility index (Phi) is 5.23. The van der Waals surface area contributed by atoms with Gasteiger partial charge in [-0.2, -0.15) is 5.26 Å². The molecule has 0 fully saturated rings. The van der Waals surface area contributed by atoms with Gasteiger partial charge in [0.15, 0.2) is 0 Å². The standard InChI is InChI=1S/C19H23N3O/c1-5-14-8-7-9-15(6-2)18(14)22-19(23)17-10-16(11-20)12(3)21-13(17)4/h7-9,21H,5-6,10H2,1-4H3,(H,22,23). The van der Waals surface area contributed by atoms with Crippen LogP contribution in [0.15, 0.2) is 40.7 Å². The number of carbonyl (C=O) groups excluding carboxylic acids is 1. The first-order chi connectivity index (χ1) is 11.0. The van der Waals surface area contributed by atoms with Crippen molar-refractivity contribution in [1.82, 2.24) is 5.32 Å². The quantitative estimate of drug-likeness (QED) is 0.888. The van der Waals surface area contributed by atoms with Crippen molar-refractivity contribution in [1.29, 1.82) is 5.26 Å². The number of nitrogens with zero attached hydrogens (tertiary/aromatic N) is 1. The minimum atomic E-state index is -0.133. The van der Waals surface area contributed by atoms with Crippen LogP contribution in [0.3, 0.4) is 0 Å². The molecule has 1 amide bonds. The predicted molar refractivity (Wildman–Crippen MR) is 92.6 cm³/mol. The summed E-state index contributed by atoms with van der Waals surface area (Å²) in [4.78, 5) is 12.7. The van der Waals surface area contributed by atoms with Gasteiger partial charge in [0.25, 0.3) is 5.91 Å². The minimum absolute atomic E-state index is 0.133. The van der Waals surface area contributed by atoms with Gasteiger partial charge >= 0.3 is 0 Å². The van der Waals surface area contributed by atoms with E-state index in [2.05, 4.69) is 30.6 Å². The normalized spacial score (nSPS) is 14.4. The molecule has 1 aromatic carbocycles. The molecule has 4 heteroatoms. The van der Waals surface area contributed by atoms with E-state index >= 15 is 0 Å². The van der Waals surface area contributed by atoms with Gasteiger partial charge in [-0.15, -0.1) is 0 Å². The molecule has 0 bridgehead atoms. The molecule has 1 aliphatic heterocycles. The fourth-order valence-electron chi connectivity index (χ4n) is 2.84. The number of aryl methyl sites for hydroxylation is 2. The Morgan fingerprint density at radius 3 is 2.35 bits per heavy atom. The Bertz CT molecular complexity index is 713. The molecule has 0 radical (unpaired) electrons. The lowest BCUT2D eigenvalue weighted by Crippen LogP contribution is -2.26. The van der Waals surface area contributed by atoms with E-state index in [1.807, 2.05) is 32.0 Å². The van der Waals surface area contributed by atoms with Crippen LogP contribution in [0.1, 0.15) is 45.2 Å². The van der Waals surface area contributed by atoms with E-state index in [-0.39, 0.29) is 5.91 Å². The van der Waals surface area contributed by atoms with Gasteiger partial charge in [0.05, 0.1) is 11.6 Å². The average molecular weight is 309 g/mol. The monoisotopic (exact) mass is 309 g/mol. The molecule has 120 valence electrons. The maximum absolute atomic E-state index is 12.7. The highest BCUT2D eigenvalue weighted by molar-refractivity contribution is 6.05. The molecule has 4 nitrogen and oxygen atoms in total. The summed E-state index contributed by atoms with van der Waals surface area (Å²) in [6.07, 6.45) is 2.10. The van der Waals surface area contributed by atoms with E-state index in [1.165, 1.54) is 0 Å². The second-order valence-corrected chi connectivity index (χ2v) is 5.73. The first kappa shape index (κ1) is 16.8. The smallest absolute Gasteiger partial charge is 0.253 e. The Morgan fingerprint density at radius 2 is 1.83 bits per heavy atom. The zero-order chi connectivity index (χ0) is 17.0. The molecule has 0 spiro atoms. The molecular formula is C19H23N3O. The number of amides is 1. The molecule has 1 aliphatic rings. The van der Waals surface area contributed by atoms with Gasteiger partial charge in [0, 0.05) is 29.1 Å². The van der Waals surface area contributed by atoms with Crippen LogP contribution in [0.5, 0.6) is 0 Å². The Hall–Kier alpha value is -2.54. The van der Waals surface area contributed by atoms with E-state index in [9.17, 15) is 10.1 Å². The summed E-state index contributed by atoms with van der Waals surface area (Å²) in [5.41, 5.74) is 6.04. The Morgan fingerprint density at radius 1 is 1.22 bits per heavy atom. The number of nitriles is 1. The molecule has 23 heavy (non-hydrogen) atoms. The molecular weight excluding hydrogens is 286 g/mol. The lowest BCUT2D eigenvalue weighted by atomic mass is 9.97. The van der Waals surface area contributed by atoms with Crippen LogP contribution in [0.4, 0.5) is 5.69 Å². The van der Waals surface area contributed by atoms with E-state index < -0.39 is 0 Å². The lowest BCUT2D eigenvalue weighted by molar-refractivity contribution is -0.113. The van der Waals surface area contributed by atoms with Gasteiger partial charge in [-0.05, 0) is 37.8 Å². The van der Waals surface area contributed by atoms with Crippen LogP contribution < -0.4 is 10.6 Å². The van der Waals surface area contributed by atoms with E-state index in [4.69, 9.17) is 0 Å². The first-order valence-electron chi connectivity index (χ1n) is 8.00. The van der Waals surface area contributed by atoms with Gasteiger partial charge in [-0.3, -0.25) is 4.79 Å². The van der Waals surface area contributed by atoms with Crippen LogP contribution in [-0.4, -0.2) is 5.91 Å². The summed E-state index contributed by atoms with van der Waals surface area (Å²) in [5, 5.41) is 15.4. The maximum atomic E-state index is 12.7. The van der Waals surface area contributed by atoms with Crippen molar-refractivity contribution < 1.29 is 4.79 Å². The van der Waals surface area contributed by atoms with Gasteiger partial charge in [-0.1, -0.05) is 32.0 Å². The molecule has 0 aromatic heterocycles. The Labute approximate surface area is 137 Å². The molecule has 2 rings (SSSR count). The number of hydrogen-bond donors (Lipinski definition) is 2. The molecule has 1 aromatic rings. The van der Waals surface area contributed by atoms with Crippen molar-refractivity contribution in [3.05, 3.63) is 51.9 Å². The Balaban J connectivity index is 2.30. The summed E-state index contributed by atoms with van der Waals surface area (Å²) in [6, 6.07) is 8.28. The topological polar surface area (TPSA) is 64.9 Å². The number of dihydropyridines is 1. The number of para-hydroxylation sites is 1. The van der Waals surface area contributed by atoms with Crippen LogP contribution >= 0.6 is 0 Å². The van der Waals surface area contributed by atoms with Gasteiger partial charge in [-0.25, -0.2) is 0 Å². The molecule has 2 N–H and O–H groups in total. The number of allylic oxidation sites excluding steroid dienone is 3. The highest BCUT2D eigenvalue weighted by atomic mass is 16.1. The summed E-state index contributed by atoms with van der Waals surface area (Å²) < 4.78 is 0. The molecule has 0 unspecified atom stereocenters. The van der Waals surface area contributed by atoms with Crippen LogP contribution in [0, 0.1) is 11.3 Å². The largest absolute Gasteiger partial charge is 0.362 e. The van der Waals surface area contributed by atoms with Gasteiger partial charge in [0.2, 0.25) is 0 Å². The zero-order valence-electron chi connectivity index (χ0n) is 14.2. The minimum Gasteiger partial charge on any atom is -0.362 e. The van der Waals surface area contributed by atoms with Crippen molar-refractivity contribution in [3.63, 3.8) is 0 Å². The summed E-state index contributed by atoms with van der Waals surface area (Å²) >= 11 is 0. The second-order valence-electron chi connectivity index (χ2n) is 5.73. The molecule has 0 saturated carbocycles. The van der Waals surface area contributed by atoms with Gasteiger partial charge in [0.1, 0.15) is 0 Å². The fourth-order valence-corrected chi connectivity index (χ4v) is 2.84. The van der Waals surface area contributed by atoms with Crippen molar-refractivity contribution in [2.45, 2.75) is 47.0 Å². The number of benzene rings is 1. The zero-order valence-corrected chi connectivity index (χ0v) is 14.2. The van der Waals surface area contributed by atoms with Crippen LogP contribution in [0.2, 0.25) is 0 Å². The van der Waals surface area contributed by atoms with Crippen molar-refractivity contribution in [2.24, 2.45) is 0 Å². The number of nitrogens with one attached hydrogen (secondary N) is 2. The summed E-state index contributed by atoms with van der Waals surface area (Å²) in [5.74, 6) is -0.133. The molecule has 0 saturated heterocycles. The van der Waals surface area contributed by atoms with E-state index in [1.54, 1.807) is 0 Å². The third-order valence-electron chi connectivity index (χ3n) is 4.28. The number of hydrogen-bond acceptors (Lipinski definition) is 3. The molecule has 1 heterocycles. The maximum Gasteiger partial charge on any atom is 0.253 e. The highest BCUT2D eigenvalue weighted by Gasteiger charge is 2.22. The van der Waals surface area contributed by atoms with Crippen LogP contribution in [-0.2, 0) is 17.6 Å². The average Bonchev–Trinajstić information content (AvgIpc) is 2.55.